The monoisotopic (exact) mass is 332 g/mol. The fourth-order valence-electron chi connectivity index (χ4n) is 3.32. The number of hydrogen-bond acceptors (Lipinski definition) is 1. The molecule has 23 heavy (non-hydrogen) atoms. The lowest BCUT2D eigenvalue weighted by atomic mass is 9.74. The summed E-state index contributed by atoms with van der Waals surface area (Å²) in [6, 6.07) is 0. The minimum Gasteiger partial charge on any atom is -0.242 e. The molecule has 2 nitrogen and oxygen atoms in total. The summed E-state index contributed by atoms with van der Waals surface area (Å²) in [5.74, 6) is -0.602. The molecule has 5 heteroatoms. The molecule has 0 saturated heterocycles. The number of aromatic nitrogens is 2. The Balaban J connectivity index is 3.07. The van der Waals surface area contributed by atoms with Crippen LogP contribution in [0.25, 0.3) is 0 Å². The van der Waals surface area contributed by atoms with E-state index in [1.807, 2.05) is 6.92 Å². The second-order valence-corrected chi connectivity index (χ2v) is 6.80. The van der Waals surface area contributed by atoms with Gasteiger partial charge < -0.3 is 0 Å². The van der Waals surface area contributed by atoms with Crippen molar-refractivity contribution in [3.8, 4) is 0 Å². The van der Waals surface area contributed by atoms with Crippen LogP contribution < -0.4 is 0 Å². The summed E-state index contributed by atoms with van der Waals surface area (Å²) in [7, 11) is 1.40. The van der Waals surface area contributed by atoms with Gasteiger partial charge in [-0.25, -0.2) is 13.5 Å². The average molecular weight is 332 g/mol. The van der Waals surface area contributed by atoms with Crippen molar-refractivity contribution in [2.45, 2.75) is 90.4 Å². The van der Waals surface area contributed by atoms with Gasteiger partial charge in [0.15, 0.2) is 0 Å². The summed E-state index contributed by atoms with van der Waals surface area (Å²) in [5.41, 5.74) is -0.797. The third kappa shape index (κ3) is 5.25. The highest BCUT2D eigenvalue weighted by atomic mass is 19.3. The van der Waals surface area contributed by atoms with Gasteiger partial charge >= 0.3 is 0 Å². The minimum atomic E-state index is -2.73. The van der Waals surface area contributed by atoms with Crippen molar-refractivity contribution in [1.29, 1.82) is 0 Å². The van der Waals surface area contributed by atoms with Crippen molar-refractivity contribution in [1.82, 2.24) is 9.78 Å². The van der Waals surface area contributed by atoms with E-state index in [4.69, 9.17) is 0 Å². The lowest BCUT2D eigenvalue weighted by Crippen LogP contribution is -2.25. The molecule has 0 radical (unpaired) electrons. The summed E-state index contributed by atoms with van der Waals surface area (Å²) >= 11 is 0. The molecule has 0 spiro atoms. The van der Waals surface area contributed by atoms with Crippen molar-refractivity contribution in [2.75, 3.05) is 0 Å². The SMILES string of the molecule is CCCCCCC(C)(CCCCC)c1c(C(F)F)nn(C)c1F. The number of nitrogens with zero attached hydrogens (tertiary/aromatic N) is 2. The molecule has 0 aliphatic rings. The van der Waals surface area contributed by atoms with E-state index in [0.717, 1.165) is 62.5 Å². The number of aryl methyl sites for hydroxylation is 1. The third-order valence-electron chi connectivity index (χ3n) is 4.73. The third-order valence-corrected chi connectivity index (χ3v) is 4.73. The van der Waals surface area contributed by atoms with Crippen LogP contribution >= 0.6 is 0 Å². The molecule has 0 aliphatic heterocycles. The Kier molecular flexibility index (Phi) is 8.13. The molecule has 0 aliphatic carbocycles. The van der Waals surface area contributed by atoms with Gasteiger partial charge in [0.2, 0.25) is 5.95 Å². The van der Waals surface area contributed by atoms with Gasteiger partial charge in [-0.05, 0) is 18.3 Å². The van der Waals surface area contributed by atoms with E-state index in [1.165, 1.54) is 7.05 Å². The molecule has 1 aromatic heterocycles. The van der Waals surface area contributed by atoms with Gasteiger partial charge in [-0.1, -0.05) is 65.7 Å². The molecule has 0 bridgehead atoms. The van der Waals surface area contributed by atoms with Crippen molar-refractivity contribution in [2.24, 2.45) is 7.05 Å². The van der Waals surface area contributed by atoms with E-state index in [0.29, 0.717) is 0 Å². The number of rotatable bonds is 11. The summed E-state index contributed by atoms with van der Waals surface area (Å²) in [4.78, 5) is 0. The predicted molar refractivity (Wildman–Crippen MR) is 88.4 cm³/mol. The van der Waals surface area contributed by atoms with E-state index in [-0.39, 0.29) is 11.3 Å². The second-order valence-electron chi connectivity index (χ2n) is 6.80. The largest absolute Gasteiger partial charge is 0.282 e. The molecule has 0 fully saturated rings. The van der Waals surface area contributed by atoms with Crippen LogP contribution in [-0.4, -0.2) is 9.78 Å². The van der Waals surface area contributed by atoms with Crippen LogP contribution in [0.5, 0.6) is 0 Å². The highest BCUT2D eigenvalue weighted by molar-refractivity contribution is 5.29. The maximum atomic E-state index is 14.5. The van der Waals surface area contributed by atoms with Crippen molar-refractivity contribution in [3.05, 3.63) is 17.2 Å². The van der Waals surface area contributed by atoms with Crippen LogP contribution in [0.4, 0.5) is 13.2 Å². The highest BCUT2D eigenvalue weighted by Crippen LogP contribution is 2.41. The summed E-state index contributed by atoms with van der Waals surface area (Å²) in [6.07, 6.45) is 6.00. The van der Waals surface area contributed by atoms with Crippen molar-refractivity contribution < 1.29 is 13.2 Å². The molecule has 1 rings (SSSR count). The Labute approximate surface area is 138 Å². The Hall–Kier alpha value is -1.00. The molecular formula is C18H31F3N2. The zero-order valence-electron chi connectivity index (χ0n) is 15.0. The first-order valence-corrected chi connectivity index (χ1v) is 8.88. The Morgan fingerprint density at radius 2 is 1.52 bits per heavy atom. The van der Waals surface area contributed by atoms with Crippen molar-refractivity contribution in [3.63, 3.8) is 0 Å². The maximum Gasteiger partial charge on any atom is 0.282 e. The van der Waals surface area contributed by atoms with Crippen LogP contribution in [-0.2, 0) is 12.5 Å². The van der Waals surface area contributed by atoms with E-state index in [9.17, 15) is 13.2 Å². The lowest BCUT2D eigenvalue weighted by molar-refractivity contribution is 0.141. The molecule has 0 amide bonds. The molecular weight excluding hydrogens is 301 g/mol. The number of alkyl halides is 2. The van der Waals surface area contributed by atoms with Crippen LogP contribution in [0.1, 0.15) is 96.2 Å². The molecule has 0 saturated carbocycles. The smallest absolute Gasteiger partial charge is 0.242 e. The van der Waals surface area contributed by atoms with Crippen LogP contribution in [0, 0.1) is 5.95 Å². The first-order valence-electron chi connectivity index (χ1n) is 8.88. The van der Waals surface area contributed by atoms with Gasteiger partial charge in [-0.3, -0.25) is 0 Å². The van der Waals surface area contributed by atoms with Crippen LogP contribution in [0.3, 0.4) is 0 Å². The van der Waals surface area contributed by atoms with Crippen LogP contribution in [0.15, 0.2) is 0 Å². The summed E-state index contributed by atoms with van der Waals surface area (Å²) < 4.78 is 42.2. The highest BCUT2D eigenvalue weighted by Gasteiger charge is 2.37. The zero-order valence-corrected chi connectivity index (χ0v) is 15.0. The second kappa shape index (κ2) is 9.33. The van der Waals surface area contributed by atoms with E-state index < -0.39 is 17.8 Å². The van der Waals surface area contributed by atoms with E-state index in [1.54, 1.807) is 0 Å². The molecule has 134 valence electrons. The normalized spacial score (nSPS) is 14.4. The van der Waals surface area contributed by atoms with E-state index >= 15 is 0 Å². The molecule has 0 aromatic carbocycles. The molecule has 0 N–H and O–H groups in total. The number of halogens is 3. The van der Waals surface area contributed by atoms with Gasteiger partial charge in [0.1, 0.15) is 5.69 Å². The lowest BCUT2D eigenvalue weighted by Gasteiger charge is -2.30. The Morgan fingerprint density at radius 3 is 2.04 bits per heavy atom. The summed E-state index contributed by atoms with van der Waals surface area (Å²) in [6.45, 7) is 6.17. The standard InChI is InChI=1S/C18H31F3N2/c1-5-7-9-11-13-18(3,12-10-8-6-2)14-15(16(19)20)22-23(4)17(14)21/h16H,5-13H2,1-4H3. The number of hydrogen-bond donors (Lipinski definition) is 0. The van der Waals surface area contributed by atoms with Gasteiger partial charge in [0, 0.05) is 12.6 Å². The van der Waals surface area contributed by atoms with Gasteiger partial charge in [0.05, 0.1) is 0 Å². The molecule has 1 atom stereocenters. The molecule has 1 unspecified atom stereocenters. The first-order chi connectivity index (χ1) is 10.9. The fraction of sp³-hybridized carbons (Fsp3) is 0.833. The van der Waals surface area contributed by atoms with Crippen molar-refractivity contribution >= 4 is 0 Å². The van der Waals surface area contributed by atoms with Gasteiger partial charge in [0.25, 0.3) is 6.43 Å². The summed E-state index contributed by atoms with van der Waals surface area (Å²) in [5, 5.41) is 3.74. The van der Waals surface area contributed by atoms with Crippen LogP contribution in [0.2, 0.25) is 0 Å². The Bertz CT molecular complexity index is 471. The molecule has 1 heterocycles. The predicted octanol–water partition coefficient (Wildman–Crippen LogP) is 6.31. The Morgan fingerprint density at radius 1 is 1.00 bits per heavy atom. The van der Waals surface area contributed by atoms with Gasteiger partial charge in [-0.15, -0.1) is 0 Å². The number of unbranched alkanes of at least 4 members (excludes halogenated alkanes) is 5. The topological polar surface area (TPSA) is 17.8 Å². The van der Waals surface area contributed by atoms with Gasteiger partial charge in [-0.2, -0.15) is 9.49 Å². The quantitative estimate of drug-likeness (QED) is 0.434. The van der Waals surface area contributed by atoms with E-state index in [2.05, 4.69) is 18.9 Å². The molecule has 1 aromatic rings. The fourth-order valence-corrected chi connectivity index (χ4v) is 3.32. The minimum absolute atomic E-state index is 0.141. The first kappa shape index (κ1) is 20.0. The zero-order chi connectivity index (χ0) is 17.5. The maximum absolute atomic E-state index is 14.5. The average Bonchev–Trinajstić information content (AvgIpc) is 2.81.